The minimum absolute atomic E-state index is 0.155. The molecule has 154 valence electrons. The van der Waals surface area contributed by atoms with Gasteiger partial charge in [-0.3, -0.25) is 0 Å². The van der Waals surface area contributed by atoms with Crippen molar-refractivity contribution in [3.63, 3.8) is 0 Å². The van der Waals surface area contributed by atoms with Gasteiger partial charge in [-0.2, -0.15) is 0 Å². The summed E-state index contributed by atoms with van der Waals surface area (Å²) in [4.78, 5) is 0. The summed E-state index contributed by atoms with van der Waals surface area (Å²) in [5, 5.41) is 5.72. The van der Waals surface area contributed by atoms with Crippen molar-refractivity contribution in [1.29, 1.82) is 0 Å². The van der Waals surface area contributed by atoms with Gasteiger partial charge in [0.2, 0.25) is 0 Å². The predicted molar refractivity (Wildman–Crippen MR) is 124 cm³/mol. The molecule has 3 rings (SSSR count). The summed E-state index contributed by atoms with van der Waals surface area (Å²) >= 11 is 6.00. The van der Waals surface area contributed by atoms with E-state index < -0.39 is 0 Å². The van der Waals surface area contributed by atoms with E-state index in [1.54, 1.807) is 0 Å². The number of rotatable bonds is 7. The second-order valence-corrected chi connectivity index (χ2v) is 10.2. The van der Waals surface area contributed by atoms with Crippen molar-refractivity contribution in [2.24, 2.45) is 5.41 Å². The van der Waals surface area contributed by atoms with E-state index in [1.165, 1.54) is 16.3 Å². The van der Waals surface area contributed by atoms with Gasteiger partial charge in [0, 0.05) is 11.4 Å². The summed E-state index contributed by atoms with van der Waals surface area (Å²) in [5.74, 6) is 0.960. The fraction of sp³-hybridized carbons (Fsp3) is 0.385. The monoisotopic (exact) mass is 410 g/mol. The van der Waals surface area contributed by atoms with E-state index in [-0.39, 0.29) is 5.54 Å². The van der Waals surface area contributed by atoms with Gasteiger partial charge in [-0.15, -0.1) is 0 Å². The van der Waals surface area contributed by atoms with Gasteiger partial charge >= 0.3 is 0 Å². The molecule has 0 aliphatic carbocycles. The Labute approximate surface area is 180 Å². The first kappa shape index (κ1) is 21.7. The highest BCUT2D eigenvalue weighted by atomic mass is 35.5. The minimum Gasteiger partial charge on any atom is -0.488 e. The quantitative estimate of drug-likeness (QED) is 0.482. The SMILES string of the molecule is CC(C)(C)CC(C)(C)[NH2+]Cc1c(OCc2ccc(Cl)cc2)ccc2ccccc12. The van der Waals surface area contributed by atoms with Crippen molar-refractivity contribution >= 4 is 22.4 Å². The first-order chi connectivity index (χ1) is 13.6. The van der Waals surface area contributed by atoms with Gasteiger partial charge in [0.25, 0.3) is 0 Å². The van der Waals surface area contributed by atoms with Crippen molar-refractivity contribution < 1.29 is 10.1 Å². The number of halogens is 1. The summed E-state index contributed by atoms with van der Waals surface area (Å²) in [5.41, 5.74) is 2.83. The van der Waals surface area contributed by atoms with Crippen LogP contribution < -0.4 is 10.1 Å². The Bertz CT molecular complexity index is 955. The fourth-order valence-electron chi connectivity index (χ4n) is 4.22. The highest BCUT2D eigenvalue weighted by molar-refractivity contribution is 6.30. The summed E-state index contributed by atoms with van der Waals surface area (Å²) in [7, 11) is 0. The normalized spacial score (nSPS) is 12.3. The molecule has 0 aliphatic heterocycles. The average Bonchev–Trinajstić information content (AvgIpc) is 2.64. The van der Waals surface area contributed by atoms with Gasteiger partial charge < -0.3 is 10.1 Å². The van der Waals surface area contributed by atoms with Crippen LogP contribution >= 0.6 is 11.6 Å². The Morgan fingerprint density at radius 1 is 0.862 bits per heavy atom. The molecule has 2 nitrogen and oxygen atoms in total. The predicted octanol–water partition coefficient (Wildman–Crippen LogP) is 6.35. The van der Waals surface area contributed by atoms with Crippen LogP contribution in [-0.4, -0.2) is 5.54 Å². The van der Waals surface area contributed by atoms with Crippen LogP contribution in [0.3, 0.4) is 0 Å². The minimum atomic E-state index is 0.155. The highest BCUT2D eigenvalue weighted by Gasteiger charge is 2.28. The zero-order valence-electron chi connectivity index (χ0n) is 18.3. The van der Waals surface area contributed by atoms with Crippen molar-refractivity contribution in [3.05, 3.63) is 76.8 Å². The van der Waals surface area contributed by atoms with Crippen molar-refractivity contribution in [3.8, 4) is 5.75 Å². The van der Waals surface area contributed by atoms with Crippen LogP contribution in [0.1, 0.15) is 52.2 Å². The third kappa shape index (κ3) is 6.22. The van der Waals surface area contributed by atoms with Crippen LogP contribution in [0, 0.1) is 5.41 Å². The third-order valence-corrected chi connectivity index (χ3v) is 5.40. The fourth-order valence-corrected chi connectivity index (χ4v) is 4.35. The largest absolute Gasteiger partial charge is 0.488 e. The van der Waals surface area contributed by atoms with Crippen molar-refractivity contribution in [1.82, 2.24) is 0 Å². The maximum Gasteiger partial charge on any atom is 0.129 e. The zero-order chi connectivity index (χ0) is 21.1. The van der Waals surface area contributed by atoms with Gasteiger partial charge in [-0.25, -0.2) is 0 Å². The van der Waals surface area contributed by atoms with E-state index in [4.69, 9.17) is 16.3 Å². The number of nitrogens with two attached hydrogens (primary N) is 1. The van der Waals surface area contributed by atoms with Crippen molar-refractivity contribution in [2.45, 2.75) is 59.7 Å². The van der Waals surface area contributed by atoms with Crippen LogP contribution in [-0.2, 0) is 13.2 Å². The standard InChI is InChI=1S/C26H32ClNO/c1-25(2,3)18-26(4,5)28-16-23-22-9-7-6-8-20(22)12-15-24(23)29-17-19-10-13-21(27)14-11-19/h6-15,28H,16-18H2,1-5H3/p+1. The van der Waals surface area contributed by atoms with Crippen molar-refractivity contribution in [2.75, 3.05) is 0 Å². The maximum absolute atomic E-state index is 6.27. The first-order valence-corrected chi connectivity index (χ1v) is 10.7. The molecule has 0 radical (unpaired) electrons. The molecule has 0 heterocycles. The van der Waals surface area contributed by atoms with Gasteiger partial charge in [-0.1, -0.05) is 74.8 Å². The average molecular weight is 411 g/mol. The second kappa shape index (κ2) is 8.77. The Morgan fingerprint density at radius 2 is 1.55 bits per heavy atom. The summed E-state index contributed by atoms with van der Waals surface area (Å²) < 4.78 is 6.27. The van der Waals surface area contributed by atoms with Gasteiger partial charge in [0.05, 0.1) is 11.1 Å². The van der Waals surface area contributed by atoms with E-state index in [1.807, 2.05) is 24.3 Å². The molecule has 0 atom stereocenters. The molecular formula is C26H33ClNO+. The molecule has 0 bridgehead atoms. The summed E-state index contributed by atoms with van der Waals surface area (Å²) in [6.07, 6.45) is 1.14. The van der Waals surface area contributed by atoms with Gasteiger partial charge in [0.1, 0.15) is 18.9 Å². The lowest BCUT2D eigenvalue weighted by Gasteiger charge is -2.31. The molecule has 0 amide bonds. The van der Waals surface area contributed by atoms with E-state index >= 15 is 0 Å². The lowest BCUT2D eigenvalue weighted by Crippen LogP contribution is -2.94. The summed E-state index contributed by atoms with van der Waals surface area (Å²) in [6.45, 7) is 13.0. The molecule has 3 aromatic rings. The van der Waals surface area contributed by atoms with Crippen LogP contribution in [0.4, 0.5) is 0 Å². The van der Waals surface area contributed by atoms with E-state index in [2.05, 4.69) is 76.3 Å². The van der Waals surface area contributed by atoms with Gasteiger partial charge in [0.15, 0.2) is 0 Å². The van der Waals surface area contributed by atoms with Crippen LogP contribution in [0.5, 0.6) is 5.75 Å². The van der Waals surface area contributed by atoms with E-state index in [0.717, 1.165) is 29.3 Å². The Balaban J connectivity index is 1.84. The topological polar surface area (TPSA) is 25.8 Å². The molecular weight excluding hydrogens is 378 g/mol. The molecule has 0 fully saturated rings. The molecule has 0 spiro atoms. The van der Waals surface area contributed by atoms with Gasteiger partial charge in [-0.05, 0) is 53.8 Å². The molecule has 2 N–H and O–H groups in total. The molecule has 29 heavy (non-hydrogen) atoms. The van der Waals surface area contributed by atoms with Crippen LogP contribution in [0.15, 0.2) is 60.7 Å². The summed E-state index contributed by atoms with van der Waals surface area (Å²) in [6, 6.07) is 20.7. The molecule has 0 unspecified atom stereocenters. The van der Waals surface area contributed by atoms with Crippen LogP contribution in [0.25, 0.3) is 10.8 Å². The zero-order valence-corrected chi connectivity index (χ0v) is 19.0. The highest BCUT2D eigenvalue weighted by Crippen LogP contribution is 2.29. The number of hydrogen-bond donors (Lipinski definition) is 1. The molecule has 0 aromatic heterocycles. The number of quaternary nitrogens is 1. The molecule has 3 aromatic carbocycles. The second-order valence-electron chi connectivity index (χ2n) is 9.81. The maximum atomic E-state index is 6.27. The molecule has 3 heteroatoms. The molecule has 0 saturated heterocycles. The Morgan fingerprint density at radius 3 is 2.24 bits per heavy atom. The number of ether oxygens (including phenoxy) is 1. The number of benzene rings is 3. The Kier molecular flexibility index (Phi) is 6.55. The first-order valence-electron chi connectivity index (χ1n) is 10.4. The number of hydrogen-bond acceptors (Lipinski definition) is 1. The Hall–Kier alpha value is -2.03. The molecule has 0 saturated carbocycles. The lowest BCUT2D eigenvalue weighted by molar-refractivity contribution is -0.737. The molecule has 0 aliphatic rings. The number of fused-ring (bicyclic) bond motifs is 1. The lowest BCUT2D eigenvalue weighted by atomic mass is 9.81. The van der Waals surface area contributed by atoms with E-state index in [9.17, 15) is 0 Å². The van der Waals surface area contributed by atoms with Crippen LogP contribution in [0.2, 0.25) is 5.02 Å². The third-order valence-electron chi connectivity index (χ3n) is 5.15. The smallest absolute Gasteiger partial charge is 0.129 e. The van der Waals surface area contributed by atoms with E-state index in [0.29, 0.717) is 12.0 Å².